The number of hydrogen-bond acceptors (Lipinski definition) is 1. The van der Waals surface area contributed by atoms with Crippen molar-refractivity contribution >= 4 is 34.8 Å². The van der Waals surface area contributed by atoms with Crippen molar-refractivity contribution in [1.82, 2.24) is 0 Å². The molecule has 1 heterocycles. The van der Waals surface area contributed by atoms with Crippen molar-refractivity contribution in [2.75, 3.05) is 0 Å². The van der Waals surface area contributed by atoms with Gasteiger partial charge in [-0.15, -0.1) is 0 Å². The summed E-state index contributed by atoms with van der Waals surface area (Å²) in [4.78, 5) is 0. The average Bonchev–Trinajstić information content (AvgIpc) is 2.77. The van der Waals surface area contributed by atoms with Gasteiger partial charge in [0.1, 0.15) is 0 Å². The molecule has 1 rings (SSSR count). The van der Waals surface area contributed by atoms with Gasteiger partial charge in [0.05, 0.1) is 0 Å². The van der Waals surface area contributed by atoms with Gasteiger partial charge in [-0.1, -0.05) is 23.2 Å². The normalized spacial score (nSPS) is 31.4. The second-order valence-corrected chi connectivity index (χ2v) is 5.53. The minimum Gasteiger partial charge on any atom is -0.265 e. The van der Waals surface area contributed by atoms with Gasteiger partial charge in [-0.25, -0.2) is 8.78 Å². The van der Waals surface area contributed by atoms with Gasteiger partial charge in [-0.2, -0.15) is 39.5 Å². The Hall–Kier alpha value is 0.0600. The van der Waals surface area contributed by atoms with Gasteiger partial charge < -0.3 is 0 Å². The standard InChI is InChI=1S/C7Cl3F11O/c8-1(11,3(13,14)2(9,12)6(10,18)19)4(15,16)5(17)7(20,21)22-5. The van der Waals surface area contributed by atoms with E-state index in [1.54, 1.807) is 0 Å². The van der Waals surface area contributed by atoms with E-state index in [1.807, 2.05) is 0 Å². The lowest BCUT2D eigenvalue weighted by Crippen LogP contribution is -2.68. The maximum absolute atomic E-state index is 13.4. The topological polar surface area (TPSA) is 12.5 Å². The first-order valence-corrected chi connectivity index (χ1v) is 5.69. The molecule has 3 atom stereocenters. The second-order valence-electron chi connectivity index (χ2n) is 4.01. The summed E-state index contributed by atoms with van der Waals surface area (Å²) in [5.41, 5.74) is 0. The summed E-state index contributed by atoms with van der Waals surface area (Å²) in [7, 11) is 0. The Labute approximate surface area is 128 Å². The fourth-order valence-corrected chi connectivity index (χ4v) is 1.72. The molecule has 1 nitrogen and oxygen atoms in total. The summed E-state index contributed by atoms with van der Waals surface area (Å²) in [6, 6.07) is 0. The molecule has 1 aliphatic heterocycles. The van der Waals surface area contributed by atoms with Crippen LogP contribution in [-0.4, -0.2) is 39.4 Å². The molecule has 0 aromatic carbocycles. The fraction of sp³-hybridized carbons (Fsp3) is 1.00. The average molecular weight is 415 g/mol. The zero-order chi connectivity index (χ0) is 18.2. The molecule has 0 aromatic rings. The molecule has 0 radical (unpaired) electrons. The van der Waals surface area contributed by atoms with Crippen LogP contribution in [0.3, 0.4) is 0 Å². The van der Waals surface area contributed by atoms with E-state index in [4.69, 9.17) is 0 Å². The Balaban J connectivity index is 3.40. The molecular weight excluding hydrogens is 415 g/mol. The Morgan fingerprint density at radius 3 is 1.23 bits per heavy atom. The third-order valence-electron chi connectivity index (χ3n) is 2.54. The number of epoxide rings is 1. The summed E-state index contributed by atoms with van der Waals surface area (Å²) in [5, 5.41) is -18.6. The van der Waals surface area contributed by atoms with Crippen LogP contribution in [0, 0.1) is 0 Å². The smallest absolute Gasteiger partial charge is 0.265 e. The quantitative estimate of drug-likeness (QED) is 0.342. The predicted molar refractivity (Wildman–Crippen MR) is 49.9 cm³/mol. The van der Waals surface area contributed by atoms with Crippen LogP contribution in [0.1, 0.15) is 0 Å². The molecule has 0 bridgehead atoms. The van der Waals surface area contributed by atoms with E-state index in [0.29, 0.717) is 0 Å². The zero-order valence-electron chi connectivity index (χ0n) is 9.20. The molecule has 1 saturated heterocycles. The molecule has 22 heavy (non-hydrogen) atoms. The summed E-state index contributed by atoms with van der Waals surface area (Å²) in [6.45, 7) is 0. The highest BCUT2D eigenvalue weighted by Gasteiger charge is 2.97. The van der Waals surface area contributed by atoms with E-state index in [2.05, 4.69) is 39.5 Å². The van der Waals surface area contributed by atoms with Gasteiger partial charge >= 0.3 is 39.4 Å². The SMILES string of the molecule is FC(F)(Cl)C(F)(Cl)C(F)(F)C(F)(Cl)C(F)(F)C1(F)OC1(F)F. The molecule has 0 spiro atoms. The number of halogens is 14. The van der Waals surface area contributed by atoms with Crippen LogP contribution in [0.4, 0.5) is 48.3 Å². The van der Waals surface area contributed by atoms with Gasteiger partial charge in [-0.3, -0.25) is 4.74 Å². The van der Waals surface area contributed by atoms with Crippen LogP contribution in [0.15, 0.2) is 0 Å². The highest BCUT2D eigenvalue weighted by atomic mass is 35.5. The molecule has 0 aliphatic carbocycles. The van der Waals surface area contributed by atoms with Gasteiger partial charge in [0.2, 0.25) is 0 Å². The Kier molecular flexibility index (Phi) is 4.18. The molecule has 0 saturated carbocycles. The van der Waals surface area contributed by atoms with Gasteiger partial charge in [0.25, 0.3) is 0 Å². The summed E-state index contributed by atoms with van der Waals surface area (Å²) < 4.78 is 144. The van der Waals surface area contributed by atoms with Crippen LogP contribution in [-0.2, 0) is 4.74 Å². The minimum atomic E-state index is -6.86. The molecule has 1 fully saturated rings. The largest absolute Gasteiger partial charge is 0.424 e. The molecule has 0 amide bonds. The van der Waals surface area contributed by atoms with Crippen LogP contribution in [0.2, 0.25) is 0 Å². The Morgan fingerprint density at radius 1 is 0.682 bits per heavy atom. The first-order valence-electron chi connectivity index (χ1n) is 4.55. The molecular formula is C7Cl3F11O. The van der Waals surface area contributed by atoms with E-state index in [-0.39, 0.29) is 0 Å². The highest BCUT2D eigenvalue weighted by Crippen LogP contribution is 2.69. The van der Waals surface area contributed by atoms with Crippen molar-refractivity contribution in [1.29, 1.82) is 0 Å². The van der Waals surface area contributed by atoms with Crippen molar-refractivity contribution in [3.05, 3.63) is 0 Å². The first-order chi connectivity index (χ1) is 9.21. The molecule has 0 N–H and O–H groups in total. The lowest BCUT2D eigenvalue weighted by Gasteiger charge is -2.40. The monoisotopic (exact) mass is 414 g/mol. The minimum absolute atomic E-state index is 2.44. The van der Waals surface area contributed by atoms with E-state index in [0.717, 1.165) is 0 Å². The summed E-state index contributed by atoms with van der Waals surface area (Å²) in [6.07, 6.45) is -5.49. The molecule has 1 aliphatic rings. The maximum atomic E-state index is 13.4. The number of hydrogen-bond donors (Lipinski definition) is 0. The van der Waals surface area contributed by atoms with Crippen molar-refractivity contribution in [2.24, 2.45) is 0 Å². The number of alkyl halides is 14. The zero-order valence-corrected chi connectivity index (χ0v) is 11.5. The molecule has 132 valence electrons. The highest BCUT2D eigenvalue weighted by molar-refractivity contribution is 6.34. The molecule has 0 aromatic heterocycles. The van der Waals surface area contributed by atoms with Gasteiger partial charge in [0, 0.05) is 0 Å². The fourth-order valence-electron chi connectivity index (χ4n) is 1.17. The first kappa shape index (κ1) is 20.1. The predicted octanol–water partition coefficient (Wildman–Crippen LogP) is 5.19. The lowest BCUT2D eigenvalue weighted by atomic mass is 9.98. The lowest BCUT2D eigenvalue weighted by molar-refractivity contribution is -0.295. The third kappa shape index (κ3) is 2.16. The third-order valence-corrected chi connectivity index (χ3v) is 3.85. The van der Waals surface area contributed by atoms with E-state index >= 15 is 0 Å². The second kappa shape index (κ2) is 4.57. The number of ether oxygens (including phenoxy) is 1. The van der Waals surface area contributed by atoms with E-state index < -0.39 is 39.4 Å². The van der Waals surface area contributed by atoms with Gasteiger partial charge in [-0.05, 0) is 11.6 Å². The Bertz CT molecular complexity index is 473. The summed E-state index contributed by atoms with van der Waals surface area (Å²) in [5.74, 6) is -19.3. The summed E-state index contributed by atoms with van der Waals surface area (Å²) >= 11 is 11.6. The van der Waals surface area contributed by atoms with Crippen molar-refractivity contribution < 1.29 is 53.0 Å². The van der Waals surface area contributed by atoms with Gasteiger partial charge in [0.15, 0.2) is 0 Å². The van der Waals surface area contributed by atoms with Crippen LogP contribution in [0.25, 0.3) is 0 Å². The number of rotatable bonds is 5. The molecule has 3 unspecified atom stereocenters. The van der Waals surface area contributed by atoms with Crippen molar-refractivity contribution in [2.45, 2.75) is 39.4 Å². The van der Waals surface area contributed by atoms with Crippen molar-refractivity contribution in [3.8, 4) is 0 Å². The van der Waals surface area contributed by atoms with E-state index in [9.17, 15) is 48.3 Å². The Morgan fingerprint density at radius 2 is 1.00 bits per heavy atom. The van der Waals surface area contributed by atoms with Crippen molar-refractivity contribution in [3.63, 3.8) is 0 Å². The van der Waals surface area contributed by atoms with E-state index in [1.165, 1.54) is 0 Å². The molecule has 15 heteroatoms. The van der Waals surface area contributed by atoms with Crippen LogP contribution >= 0.6 is 34.8 Å². The maximum Gasteiger partial charge on any atom is 0.424 e. The van der Waals surface area contributed by atoms with Crippen LogP contribution < -0.4 is 0 Å². The van der Waals surface area contributed by atoms with Crippen LogP contribution in [0.5, 0.6) is 0 Å².